The molecular formula is C55H94BBr2N7O2Si3. The molecule has 0 spiro atoms. The molecule has 9 nitrogen and oxygen atoms in total. The number of hydrogen-bond donors (Lipinski definition) is 2. The van der Waals surface area contributed by atoms with Gasteiger partial charge < -0.3 is 33.5 Å². The molecule has 0 aliphatic carbocycles. The molecule has 5 aromatic rings. The SMILES string of the molecule is CC(C)[Si](C(C)C)(C(C)C)n1ccc(-c2cncc(N)c2)c1.CC(C)[Si](C(C)C)(C(C)C)n1ccc(B2OC(C)(C)C(C)(C)O2)c1.CC(C)[Si](C(C)C)(C(C)C)n1ccc(Br)c1.Nc1cncc(Br)c1. The molecule has 0 atom stereocenters. The van der Waals surface area contributed by atoms with Gasteiger partial charge in [0.1, 0.15) is 0 Å². The predicted molar refractivity (Wildman–Crippen MR) is 320 cm³/mol. The largest absolute Gasteiger partial charge is 0.496 e. The van der Waals surface area contributed by atoms with Crippen LogP contribution in [-0.2, 0) is 9.31 Å². The average Bonchev–Trinajstić information content (AvgIpc) is 4.03. The topological polar surface area (TPSA) is 111 Å². The molecular weight excluding hydrogens is 1050 g/mol. The van der Waals surface area contributed by atoms with Crippen molar-refractivity contribution in [2.75, 3.05) is 11.5 Å². The maximum absolute atomic E-state index is 6.24. The molecule has 1 aliphatic heterocycles. The van der Waals surface area contributed by atoms with Crippen molar-refractivity contribution in [2.45, 2.75) is 213 Å². The zero-order valence-electron chi connectivity index (χ0n) is 47.4. The van der Waals surface area contributed by atoms with Gasteiger partial charge in [0, 0.05) is 57.3 Å². The zero-order chi connectivity index (χ0) is 53.5. The van der Waals surface area contributed by atoms with Crippen LogP contribution in [0.4, 0.5) is 11.4 Å². The first kappa shape index (κ1) is 61.6. The van der Waals surface area contributed by atoms with Gasteiger partial charge in [-0.2, -0.15) is 0 Å². The number of nitrogen functional groups attached to an aromatic ring is 2. The van der Waals surface area contributed by atoms with Crippen LogP contribution in [0.3, 0.4) is 0 Å². The fourth-order valence-electron chi connectivity index (χ4n) is 12.9. The number of rotatable bonds is 14. The van der Waals surface area contributed by atoms with E-state index in [2.05, 4.69) is 262 Å². The second kappa shape index (κ2) is 25.0. The smallest absolute Gasteiger partial charge is 0.399 e. The Kier molecular flexibility index (Phi) is 22.1. The van der Waals surface area contributed by atoms with Gasteiger partial charge in [-0.05, 0) is 170 Å². The van der Waals surface area contributed by atoms with E-state index in [0.717, 1.165) is 32.1 Å². The van der Waals surface area contributed by atoms with Crippen LogP contribution in [-0.4, -0.2) is 65.7 Å². The van der Waals surface area contributed by atoms with Gasteiger partial charge in [0.05, 0.1) is 22.6 Å². The highest BCUT2D eigenvalue weighted by Crippen LogP contribution is 2.46. The number of nitrogens with zero attached hydrogens (tertiary/aromatic N) is 5. The van der Waals surface area contributed by atoms with E-state index in [9.17, 15) is 0 Å². The van der Waals surface area contributed by atoms with Crippen molar-refractivity contribution in [1.82, 2.24) is 22.7 Å². The summed E-state index contributed by atoms with van der Waals surface area (Å²) in [7, 11) is -5.13. The van der Waals surface area contributed by atoms with Crippen LogP contribution >= 0.6 is 31.9 Å². The van der Waals surface area contributed by atoms with Gasteiger partial charge in [-0.1, -0.05) is 125 Å². The maximum Gasteiger partial charge on any atom is 0.496 e. The molecule has 6 rings (SSSR count). The van der Waals surface area contributed by atoms with E-state index in [4.69, 9.17) is 20.8 Å². The third-order valence-electron chi connectivity index (χ3n) is 16.1. The Hall–Kier alpha value is -2.66. The van der Waals surface area contributed by atoms with E-state index >= 15 is 0 Å². The van der Waals surface area contributed by atoms with Crippen molar-refractivity contribution < 1.29 is 9.31 Å². The van der Waals surface area contributed by atoms with E-state index < -0.39 is 24.7 Å². The normalized spacial score (nSPS) is 15.1. The quantitative estimate of drug-likeness (QED) is 0.107. The van der Waals surface area contributed by atoms with Gasteiger partial charge in [0.25, 0.3) is 0 Å². The lowest BCUT2D eigenvalue weighted by atomic mass is 9.81. The lowest BCUT2D eigenvalue weighted by molar-refractivity contribution is 0.00578. The summed E-state index contributed by atoms with van der Waals surface area (Å²) >= 11 is 6.79. The minimum absolute atomic E-state index is 0.269. The standard InChI is InChI=1S/C19H36BNO2Si.C18H29N3Si.C13H24BrNSi.C5H5BrN2/c1-14(2)24(15(3)4,16(5)6)21-12-11-17(13-21)20-22-18(7,8)19(9,10)23-20;1-13(2)22(14(3)4,15(5)6)21-8-7-16(12-21)17-9-18(19)11-20-10-17;1-10(2)16(11(3)4,12(5)6)15-8-7-13(14)9-15;6-4-1-5(7)3-8-2-4/h11-16H,1-10H3;7-15H,19H2,1-6H3;7-12H,1-6H3;1-3H,7H2. The Bertz CT molecular complexity index is 2270. The molecule has 4 N–H and O–H groups in total. The van der Waals surface area contributed by atoms with Crippen LogP contribution in [0.15, 0.2) is 101 Å². The van der Waals surface area contributed by atoms with Gasteiger partial charge in [-0.25, -0.2) is 0 Å². The minimum atomic E-state index is -1.70. The molecule has 1 fully saturated rings. The zero-order valence-corrected chi connectivity index (χ0v) is 53.6. The first-order valence-corrected chi connectivity index (χ1v) is 34.0. The molecule has 5 aromatic heterocycles. The highest BCUT2D eigenvalue weighted by Gasteiger charge is 2.53. The molecule has 0 saturated carbocycles. The first-order valence-electron chi connectivity index (χ1n) is 25.9. The van der Waals surface area contributed by atoms with Crippen LogP contribution in [0.1, 0.15) is 152 Å². The van der Waals surface area contributed by atoms with E-state index in [1.54, 1.807) is 24.7 Å². The van der Waals surface area contributed by atoms with E-state index in [1.807, 2.05) is 12.3 Å². The Balaban J connectivity index is 0.000000261. The van der Waals surface area contributed by atoms with E-state index in [0.29, 0.717) is 44.6 Å². The lowest BCUT2D eigenvalue weighted by Gasteiger charge is -2.44. The van der Waals surface area contributed by atoms with Crippen molar-refractivity contribution >= 4 is 80.5 Å². The summed E-state index contributed by atoms with van der Waals surface area (Å²) in [5, 5.41) is 0. The van der Waals surface area contributed by atoms with Gasteiger partial charge in [-0.15, -0.1) is 0 Å². The Morgan fingerprint density at radius 2 is 0.814 bits per heavy atom. The molecule has 1 saturated heterocycles. The van der Waals surface area contributed by atoms with E-state index in [-0.39, 0.29) is 18.3 Å². The van der Waals surface area contributed by atoms with Crippen molar-refractivity contribution in [3.05, 3.63) is 101 Å². The van der Waals surface area contributed by atoms with Crippen LogP contribution in [0.25, 0.3) is 11.1 Å². The molecule has 0 amide bonds. The number of halogens is 2. The number of aromatic nitrogens is 5. The molecule has 0 radical (unpaired) electrons. The molecule has 70 heavy (non-hydrogen) atoms. The molecule has 0 bridgehead atoms. The fourth-order valence-corrected chi connectivity index (χ4v) is 33.3. The number of pyridine rings is 2. The second-order valence-corrected chi connectivity index (χ2v) is 42.6. The van der Waals surface area contributed by atoms with Crippen molar-refractivity contribution in [3.8, 4) is 11.1 Å². The third kappa shape index (κ3) is 13.2. The van der Waals surface area contributed by atoms with Crippen LogP contribution in [0.5, 0.6) is 0 Å². The highest BCUT2D eigenvalue weighted by atomic mass is 79.9. The minimum Gasteiger partial charge on any atom is -0.399 e. The maximum atomic E-state index is 6.24. The molecule has 6 heterocycles. The van der Waals surface area contributed by atoms with Gasteiger partial charge >= 0.3 is 7.12 Å². The lowest BCUT2D eigenvalue weighted by Crippen LogP contribution is -2.51. The summed E-state index contributed by atoms with van der Waals surface area (Å²) in [4.78, 5) is 8.03. The number of hydrogen-bond acceptors (Lipinski definition) is 6. The summed E-state index contributed by atoms with van der Waals surface area (Å²) in [6.07, 6.45) is 20.5. The molecule has 390 valence electrons. The summed E-state index contributed by atoms with van der Waals surface area (Å²) in [5.41, 5.74) is 21.9. The predicted octanol–water partition coefficient (Wildman–Crippen LogP) is 16.7. The number of nitrogens with two attached hydrogens (primary N) is 2. The van der Waals surface area contributed by atoms with Gasteiger partial charge in [-0.3, -0.25) is 9.97 Å². The van der Waals surface area contributed by atoms with E-state index in [1.165, 1.54) is 10.0 Å². The summed E-state index contributed by atoms with van der Waals surface area (Å²) in [5.74, 6) is 0. The molecule has 0 aromatic carbocycles. The number of anilines is 2. The average molecular weight is 1140 g/mol. The summed E-state index contributed by atoms with van der Waals surface area (Å²) in [6, 6.07) is 10.3. The van der Waals surface area contributed by atoms with Crippen LogP contribution < -0.4 is 16.9 Å². The van der Waals surface area contributed by atoms with Gasteiger partial charge in [0.15, 0.2) is 24.7 Å². The van der Waals surface area contributed by atoms with Crippen molar-refractivity contribution in [3.63, 3.8) is 0 Å². The molecule has 15 heteroatoms. The monoisotopic (exact) mass is 1140 g/mol. The Morgan fingerprint density at radius 1 is 0.457 bits per heavy atom. The highest BCUT2D eigenvalue weighted by molar-refractivity contribution is 9.10. The Morgan fingerprint density at radius 3 is 1.16 bits per heavy atom. The Labute approximate surface area is 446 Å². The first-order chi connectivity index (χ1) is 32.3. The molecule has 1 aliphatic rings. The van der Waals surface area contributed by atoms with Crippen LogP contribution in [0, 0.1) is 0 Å². The fraction of sp³-hybridized carbons (Fsp3) is 0.600. The van der Waals surface area contributed by atoms with Gasteiger partial charge in [0.2, 0.25) is 0 Å². The van der Waals surface area contributed by atoms with Crippen molar-refractivity contribution in [1.29, 1.82) is 0 Å². The van der Waals surface area contributed by atoms with Crippen molar-refractivity contribution in [2.24, 2.45) is 0 Å². The third-order valence-corrected chi connectivity index (χ3v) is 37.1. The summed E-state index contributed by atoms with van der Waals surface area (Å²) in [6.45, 7) is 51.4. The second-order valence-electron chi connectivity index (χ2n) is 23.5. The molecule has 0 unspecified atom stereocenters. The van der Waals surface area contributed by atoms with Crippen LogP contribution in [0.2, 0.25) is 49.9 Å². The summed E-state index contributed by atoms with van der Waals surface area (Å²) < 4.78 is 22.2.